The van der Waals surface area contributed by atoms with Crippen molar-refractivity contribution in [2.75, 3.05) is 26.8 Å². The van der Waals surface area contributed by atoms with Gasteiger partial charge >= 0.3 is 0 Å². The lowest BCUT2D eigenvalue weighted by Crippen LogP contribution is -2.54. The fraction of sp³-hybridized carbons (Fsp3) is 1.00. The molecule has 0 atom stereocenters. The minimum atomic E-state index is 0.319. The van der Waals surface area contributed by atoms with Crippen molar-refractivity contribution in [2.45, 2.75) is 50.1 Å². The monoisotopic (exact) mass is 212 g/mol. The van der Waals surface area contributed by atoms with E-state index >= 15 is 0 Å². The van der Waals surface area contributed by atoms with E-state index in [0.717, 1.165) is 25.7 Å². The van der Waals surface area contributed by atoms with Crippen molar-refractivity contribution in [2.24, 2.45) is 5.73 Å². The fourth-order valence-electron chi connectivity index (χ4n) is 3.02. The molecule has 0 heterocycles. The fourth-order valence-corrected chi connectivity index (χ4v) is 3.02. The Balaban J connectivity index is 2.00. The van der Waals surface area contributed by atoms with Gasteiger partial charge in [-0.25, -0.2) is 0 Å². The zero-order chi connectivity index (χ0) is 10.7. The van der Waals surface area contributed by atoms with Crippen molar-refractivity contribution in [3.8, 4) is 0 Å². The third-order valence-electron chi connectivity index (χ3n) is 4.05. The average Bonchev–Trinajstić information content (AvgIpc) is 2.97. The van der Waals surface area contributed by atoms with E-state index in [2.05, 4.69) is 4.90 Å². The molecule has 0 aromatic rings. The van der Waals surface area contributed by atoms with Crippen molar-refractivity contribution in [1.29, 1.82) is 0 Å². The Morgan fingerprint density at radius 1 is 1.33 bits per heavy atom. The minimum Gasteiger partial charge on any atom is -0.383 e. The number of methoxy groups -OCH3 is 1. The summed E-state index contributed by atoms with van der Waals surface area (Å²) in [5.41, 5.74) is 6.34. The summed E-state index contributed by atoms with van der Waals surface area (Å²) in [4.78, 5) is 2.66. The molecule has 3 nitrogen and oxygen atoms in total. The summed E-state index contributed by atoms with van der Waals surface area (Å²) in [5.74, 6) is 0. The first kappa shape index (κ1) is 11.4. The average molecular weight is 212 g/mol. The Bertz CT molecular complexity index is 198. The van der Waals surface area contributed by atoms with Crippen LogP contribution in [-0.4, -0.2) is 43.3 Å². The summed E-state index contributed by atoms with van der Waals surface area (Å²) in [6.45, 7) is 2.74. The van der Waals surface area contributed by atoms with E-state index in [0.29, 0.717) is 5.54 Å². The van der Waals surface area contributed by atoms with Gasteiger partial charge < -0.3 is 10.5 Å². The van der Waals surface area contributed by atoms with Gasteiger partial charge in [0.1, 0.15) is 0 Å². The number of hydrogen-bond donors (Lipinski definition) is 1. The molecule has 2 N–H and O–H groups in total. The second-order valence-electron chi connectivity index (χ2n) is 5.05. The molecule has 0 unspecified atom stereocenters. The van der Waals surface area contributed by atoms with Crippen LogP contribution in [0.25, 0.3) is 0 Å². The van der Waals surface area contributed by atoms with Gasteiger partial charge in [0, 0.05) is 31.8 Å². The third kappa shape index (κ3) is 2.35. The Morgan fingerprint density at radius 2 is 2.00 bits per heavy atom. The molecule has 0 radical (unpaired) electrons. The summed E-state index contributed by atoms with van der Waals surface area (Å²) >= 11 is 0. The third-order valence-corrected chi connectivity index (χ3v) is 4.05. The molecular formula is C12H24N2O. The van der Waals surface area contributed by atoms with E-state index in [9.17, 15) is 0 Å². The summed E-state index contributed by atoms with van der Waals surface area (Å²) in [7, 11) is 1.79. The summed E-state index contributed by atoms with van der Waals surface area (Å²) < 4.78 is 5.22. The zero-order valence-corrected chi connectivity index (χ0v) is 9.87. The van der Waals surface area contributed by atoms with Crippen molar-refractivity contribution in [1.82, 2.24) is 4.90 Å². The van der Waals surface area contributed by atoms with Crippen LogP contribution < -0.4 is 5.73 Å². The number of rotatable bonds is 6. The van der Waals surface area contributed by atoms with Crippen LogP contribution >= 0.6 is 0 Å². The second kappa shape index (κ2) is 4.81. The van der Waals surface area contributed by atoms with Crippen LogP contribution in [0.1, 0.15) is 38.5 Å². The highest BCUT2D eigenvalue weighted by atomic mass is 16.5. The largest absolute Gasteiger partial charge is 0.383 e. The highest BCUT2D eigenvalue weighted by Crippen LogP contribution is 2.41. The maximum absolute atomic E-state index is 6.02. The van der Waals surface area contributed by atoms with Crippen LogP contribution in [0.15, 0.2) is 0 Å². The summed E-state index contributed by atoms with van der Waals surface area (Å²) in [6, 6.07) is 0.807. The molecule has 2 aliphatic rings. The molecule has 0 spiro atoms. The van der Waals surface area contributed by atoms with Crippen molar-refractivity contribution in [3.05, 3.63) is 0 Å². The topological polar surface area (TPSA) is 38.5 Å². The maximum atomic E-state index is 6.02. The number of nitrogens with zero attached hydrogens (tertiary/aromatic N) is 1. The minimum absolute atomic E-state index is 0.319. The van der Waals surface area contributed by atoms with E-state index in [1.807, 2.05) is 0 Å². The van der Waals surface area contributed by atoms with Crippen LogP contribution in [0.5, 0.6) is 0 Å². The van der Waals surface area contributed by atoms with Crippen LogP contribution in [0.4, 0.5) is 0 Å². The molecule has 2 fully saturated rings. The van der Waals surface area contributed by atoms with Gasteiger partial charge in [-0.1, -0.05) is 12.8 Å². The Morgan fingerprint density at radius 3 is 2.47 bits per heavy atom. The second-order valence-corrected chi connectivity index (χ2v) is 5.05. The molecule has 0 amide bonds. The molecule has 15 heavy (non-hydrogen) atoms. The highest BCUT2D eigenvalue weighted by Gasteiger charge is 2.44. The molecule has 2 rings (SSSR count). The maximum Gasteiger partial charge on any atom is 0.0590 e. The van der Waals surface area contributed by atoms with Crippen LogP contribution in [0, 0.1) is 0 Å². The van der Waals surface area contributed by atoms with E-state index in [1.54, 1.807) is 7.11 Å². The highest BCUT2D eigenvalue weighted by molar-refractivity contribution is 5.01. The number of nitrogens with two attached hydrogens (primary N) is 1. The summed E-state index contributed by atoms with van der Waals surface area (Å²) in [6.07, 6.45) is 8.03. The molecule has 0 saturated heterocycles. The van der Waals surface area contributed by atoms with Gasteiger partial charge in [0.25, 0.3) is 0 Å². The molecular weight excluding hydrogens is 188 g/mol. The first-order chi connectivity index (χ1) is 7.32. The zero-order valence-electron chi connectivity index (χ0n) is 9.87. The van der Waals surface area contributed by atoms with Crippen molar-refractivity contribution in [3.63, 3.8) is 0 Å². The quantitative estimate of drug-likeness (QED) is 0.722. The van der Waals surface area contributed by atoms with Gasteiger partial charge in [0.05, 0.1) is 6.61 Å². The van der Waals surface area contributed by atoms with Gasteiger partial charge in [-0.15, -0.1) is 0 Å². The molecule has 0 aromatic heterocycles. The molecule has 88 valence electrons. The normalized spacial score (nSPS) is 25.0. The smallest absolute Gasteiger partial charge is 0.0590 e. The predicted octanol–water partition coefficient (Wildman–Crippen LogP) is 1.37. The van der Waals surface area contributed by atoms with E-state index in [-0.39, 0.29) is 0 Å². The van der Waals surface area contributed by atoms with E-state index in [4.69, 9.17) is 10.5 Å². The first-order valence-electron chi connectivity index (χ1n) is 6.28. The van der Waals surface area contributed by atoms with Gasteiger partial charge in [-0.05, 0) is 25.7 Å². The molecule has 2 saturated carbocycles. The Kier molecular flexibility index (Phi) is 3.65. The van der Waals surface area contributed by atoms with Gasteiger partial charge in [0.2, 0.25) is 0 Å². The van der Waals surface area contributed by atoms with Gasteiger partial charge in [-0.2, -0.15) is 0 Å². The molecule has 3 heteroatoms. The van der Waals surface area contributed by atoms with Crippen LogP contribution in [-0.2, 0) is 4.74 Å². The molecule has 0 aliphatic heterocycles. The number of hydrogen-bond acceptors (Lipinski definition) is 3. The van der Waals surface area contributed by atoms with Crippen molar-refractivity contribution < 1.29 is 4.74 Å². The van der Waals surface area contributed by atoms with E-state index < -0.39 is 0 Å². The lowest BCUT2D eigenvalue weighted by atomic mass is 9.95. The molecule has 2 aliphatic carbocycles. The van der Waals surface area contributed by atoms with Gasteiger partial charge in [0.15, 0.2) is 0 Å². The molecule has 0 aromatic carbocycles. The number of ether oxygens (including phenoxy) is 1. The first-order valence-corrected chi connectivity index (χ1v) is 6.28. The Hall–Kier alpha value is -0.120. The Labute approximate surface area is 93.0 Å². The van der Waals surface area contributed by atoms with Crippen molar-refractivity contribution >= 4 is 0 Å². The summed E-state index contributed by atoms with van der Waals surface area (Å²) in [5, 5.41) is 0. The standard InChI is InChI=1S/C12H24N2O/c1-15-9-8-14(11-4-5-11)12(10-13)6-2-3-7-12/h11H,2-10,13H2,1H3. The van der Waals surface area contributed by atoms with E-state index in [1.165, 1.54) is 38.5 Å². The lowest BCUT2D eigenvalue weighted by molar-refractivity contribution is 0.0561. The predicted molar refractivity (Wildman–Crippen MR) is 61.9 cm³/mol. The molecule has 0 bridgehead atoms. The van der Waals surface area contributed by atoms with Crippen LogP contribution in [0.3, 0.4) is 0 Å². The van der Waals surface area contributed by atoms with Crippen LogP contribution in [0.2, 0.25) is 0 Å². The lowest BCUT2D eigenvalue weighted by Gasteiger charge is -2.41. The SMILES string of the molecule is COCCN(C1CC1)C1(CN)CCCC1. The van der Waals surface area contributed by atoms with Gasteiger partial charge in [-0.3, -0.25) is 4.90 Å².